The molecule has 0 bridgehead atoms. The molecule has 190 valence electrons. The number of hydrogen-bond acceptors (Lipinski definition) is 10. The van der Waals surface area contributed by atoms with Gasteiger partial charge in [0.25, 0.3) is 0 Å². The summed E-state index contributed by atoms with van der Waals surface area (Å²) in [5.74, 6) is -3.01. The lowest BCUT2D eigenvalue weighted by atomic mass is 10.0. The molecule has 0 saturated carbocycles. The number of carbonyl (C=O) groups excluding carboxylic acids is 4. The number of aromatic nitrogens is 1. The first kappa shape index (κ1) is 28.9. The molecular formula is C24H35NO9. The Morgan fingerprint density at radius 3 is 2.15 bits per heavy atom. The molecule has 3 atom stereocenters. The molecule has 0 aromatic carbocycles. The monoisotopic (exact) mass is 481 g/mol. The van der Waals surface area contributed by atoms with E-state index >= 15 is 0 Å². The topological polar surface area (TPSA) is 127 Å². The van der Waals surface area contributed by atoms with Gasteiger partial charge in [-0.3, -0.25) is 19.2 Å². The third kappa shape index (κ3) is 8.64. The Morgan fingerprint density at radius 2 is 1.62 bits per heavy atom. The molecule has 0 unspecified atom stereocenters. The van der Waals surface area contributed by atoms with Gasteiger partial charge in [-0.05, 0) is 12.8 Å². The summed E-state index contributed by atoms with van der Waals surface area (Å²) >= 11 is 0. The second-order valence-electron chi connectivity index (χ2n) is 8.56. The highest BCUT2D eigenvalue weighted by Crippen LogP contribution is 2.31. The van der Waals surface area contributed by atoms with E-state index in [4.69, 9.17) is 23.7 Å². The fourth-order valence-corrected chi connectivity index (χ4v) is 2.97. The lowest BCUT2D eigenvalue weighted by Gasteiger charge is -2.28. The van der Waals surface area contributed by atoms with Crippen molar-refractivity contribution >= 4 is 23.7 Å². The quantitative estimate of drug-likeness (QED) is 0.179. The first-order valence-corrected chi connectivity index (χ1v) is 11.1. The average molecular weight is 482 g/mol. The molecule has 0 radical (unpaired) electrons. The van der Waals surface area contributed by atoms with Crippen LogP contribution in [0.4, 0.5) is 0 Å². The number of esters is 3. The van der Waals surface area contributed by atoms with Crippen molar-refractivity contribution in [2.45, 2.75) is 67.1 Å². The second-order valence-corrected chi connectivity index (χ2v) is 8.56. The Labute approximate surface area is 200 Å². The van der Waals surface area contributed by atoms with E-state index in [1.807, 2.05) is 13.8 Å². The van der Waals surface area contributed by atoms with Crippen LogP contribution in [0.1, 0.15) is 65.4 Å². The maximum Gasteiger partial charge on any atom is 0.309 e. The maximum absolute atomic E-state index is 12.9. The molecule has 0 fully saturated rings. The minimum absolute atomic E-state index is 0.00524. The van der Waals surface area contributed by atoms with Crippen molar-refractivity contribution in [3.8, 4) is 11.5 Å². The van der Waals surface area contributed by atoms with Crippen LogP contribution < -0.4 is 9.47 Å². The highest BCUT2D eigenvalue weighted by molar-refractivity contribution is 5.99. The van der Waals surface area contributed by atoms with Crippen LogP contribution in [0.5, 0.6) is 11.5 Å². The molecule has 10 nitrogen and oxygen atoms in total. The normalized spacial score (nSPS) is 13.6. The number of ketones is 1. The van der Waals surface area contributed by atoms with Crippen LogP contribution in [-0.4, -0.2) is 54.8 Å². The predicted octanol–water partition coefficient (Wildman–Crippen LogP) is 3.35. The second kappa shape index (κ2) is 13.5. The predicted molar refractivity (Wildman–Crippen MR) is 121 cm³/mol. The van der Waals surface area contributed by atoms with E-state index in [0.717, 1.165) is 0 Å². The van der Waals surface area contributed by atoms with E-state index in [2.05, 4.69) is 4.98 Å². The van der Waals surface area contributed by atoms with Gasteiger partial charge in [0.2, 0.25) is 6.79 Å². The van der Waals surface area contributed by atoms with E-state index < -0.39 is 42.6 Å². The molecular weight excluding hydrogens is 446 g/mol. The van der Waals surface area contributed by atoms with Crippen LogP contribution in [0, 0.1) is 17.8 Å². The minimum Gasteiger partial charge on any atom is -0.493 e. The lowest BCUT2D eigenvalue weighted by molar-refractivity contribution is -0.174. The molecule has 10 heteroatoms. The molecule has 34 heavy (non-hydrogen) atoms. The molecule has 0 amide bonds. The lowest BCUT2D eigenvalue weighted by Crippen LogP contribution is -2.39. The molecule has 0 spiro atoms. The molecule has 0 aliphatic heterocycles. The summed E-state index contributed by atoms with van der Waals surface area (Å²) in [6, 6.07) is 1.49. The number of ether oxygens (including phenoxy) is 5. The largest absolute Gasteiger partial charge is 0.493 e. The van der Waals surface area contributed by atoms with E-state index in [1.54, 1.807) is 27.7 Å². The van der Waals surface area contributed by atoms with Crippen LogP contribution >= 0.6 is 0 Å². The van der Waals surface area contributed by atoms with Gasteiger partial charge in [-0.1, -0.05) is 34.6 Å². The van der Waals surface area contributed by atoms with Gasteiger partial charge in [-0.2, -0.15) is 0 Å². The van der Waals surface area contributed by atoms with Crippen molar-refractivity contribution in [2.75, 3.05) is 13.9 Å². The van der Waals surface area contributed by atoms with Crippen molar-refractivity contribution in [3.63, 3.8) is 0 Å². The zero-order valence-corrected chi connectivity index (χ0v) is 21.1. The fraction of sp³-hybridized carbons (Fsp3) is 0.625. The van der Waals surface area contributed by atoms with Gasteiger partial charge in [-0.15, -0.1) is 0 Å². The number of hydrogen-bond donors (Lipinski definition) is 0. The summed E-state index contributed by atoms with van der Waals surface area (Å²) in [5.41, 5.74) is -0.0647. The Hall–Kier alpha value is -3.17. The maximum atomic E-state index is 12.9. The number of pyridine rings is 1. The Balaban J connectivity index is 2.89. The number of methoxy groups -OCH3 is 1. The molecule has 0 N–H and O–H groups in total. The van der Waals surface area contributed by atoms with Gasteiger partial charge in [0.1, 0.15) is 12.2 Å². The molecule has 0 aliphatic carbocycles. The number of nitrogens with zero attached hydrogens (tertiary/aromatic N) is 1. The summed E-state index contributed by atoms with van der Waals surface area (Å²) in [6.45, 7) is 11.2. The van der Waals surface area contributed by atoms with E-state index in [0.29, 0.717) is 0 Å². The summed E-state index contributed by atoms with van der Waals surface area (Å²) in [4.78, 5) is 52.7. The van der Waals surface area contributed by atoms with E-state index in [1.165, 1.54) is 26.3 Å². The standard InChI is InChI=1S/C24H35NO9/c1-13(2)21(34-23(28)14(3)4)16(6)33-24(29)15(5)11-18(27)20-22(32-12-31-17(7)26)19(30-8)9-10-25-20/h9-10,13-16,21H,11-12H2,1-8H3/t15-,16+,21-/m1/s1. The zero-order chi connectivity index (χ0) is 26.0. The fourth-order valence-electron chi connectivity index (χ4n) is 2.97. The molecule has 1 aromatic heterocycles. The average Bonchev–Trinajstić information content (AvgIpc) is 2.76. The van der Waals surface area contributed by atoms with Crippen molar-refractivity contribution in [2.24, 2.45) is 17.8 Å². The van der Waals surface area contributed by atoms with Gasteiger partial charge in [0.05, 0.1) is 18.9 Å². The van der Waals surface area contributed by atoms with Gasteiger partial charge >= 0.3 is 17.9 Å². The van der Waals surface area contributed by atoms with Gasteiger partial charge < -0.3 is 23.7 Å². The minimum atomic E-state index is -0.808. The van der Waals surface area contributed by atoms with Crippen LogP contribution in [0.15, 0.2) is 12.3 Å². The first-order chi connectivity index (χ1) is 15.9. The molecule has 0 saturated heterocycles. The van der Waals surface area contributed by atoms with Crippen LogP contribution in [0.3, 0.4) is 0 Å². The van der Waals surface area contributed by atoms with Crippen molar-refractivity contribution < 1.29 is 42.9 Å². The molecule has 1 heterocycles. The van der Waals surface area contributed by atoms with Gasteiger partial charge in [0, 0.05) is 25.6 Å². The highest BCUT2D eigenvalue weighted by Gasteiger charge is 2.31. The summed E-state index contributed by atoms with van der Waals surface area (Å²) in [6.07, 6.45) is -0.173. The number of carbonyl (C=O) groups is 4. The van der Waals surface area contributed by atoms with Gasteiger partial charge in [-0.25, -0.2) is 4.98 Å². The van der Waals surface area contributed by atoms with Crippen LogP contribution in [0.2, 0.25) is 0 Å². The molecule has 1 aromatic rings. The summed E-state index contributed by atoms with van der Waals surface area (Å²) < 4.78 is 26.4. The summed E-state index contributed by atoms with van der Waals surface area (Å²) in [5, 5.41) is 0. The smallest absolute Gasteiger partial charge is 0.309 e. The highest BCUT2D eigenvalue weighted by atomic mass is 16.7. The van der Waals surface area contributed by atoms with Crippen LogP contribution in [-0.2, 0) is 28.6 Å². The van der Waals surface area contributed by atoms with Gasteiger partial charge in [0.15, 0.2) is 23.0 Å². The summed E-state index contributed by atoms with van der Waals surface area (Å²) in [7, 11) is 1.39. The zero-order valence-electron chi connectivity index (χ0n) is 21.1. The van der Waals surface area contributed by atoms with Crippen molar-refractivity contribution in [1.82, 2.24) is 4.98 Å². The third-order valence-corrected chi connectivity index (χ3v) is 4.86. The van der Waals surface area contributed by atoms with Crippen molar-refractivity contribution in [1.29, 1.82) is 0 Å². The molecule has 1 rings (SSSR count). The Bertz CT molecular complexity index is 866. The Morgan fingerprint density at radius 1 is 0.971 bits per heavy atom. The SMILES string of the molecule is COc1ccnc(C(=O)C[C@@H](C)C(=O)O[C@@H](C)[C@H](OC(=O)C(C)C)C(C)C)c1OCOC(C)=O. The number of rotatable bonds is 13. The third-order valence-electron chi connectivity index (χ3n) is 4.86. The van der Waals surface area contributed by atoms with Crippen LogP contribution in [0.25, 0.3) is 0 Å². The molecule has 0 aliphatic rings. The number of Topliss-reactive ketones (excluding diaryl/α,β-unsaturated/α-hetero) is 1. The van der Waals surface area contributed by atoms with Crippen molar-refractivity contribution in [3.05, 3.63) is 18.0 Å². The first-order valence-electron chi connectivity index (χ1n) is 11.1. The van der Waals surface area contributed by atoms with E-state index in [-0.39, 0.29) is 41.4 Å². The van der Waals surface area contributed by atoms with E-state index in [9.17, 15) is 19.2 Å². The Kier molecular flexibility index (Phi) is 11.5.